The van der Waals surface area contributed by atoms with Crippen molar-refractivity contribution < 1.29 is 9.59 Å². The summed E-state index contributed by atoms with van der Waals surface area (Å²) in [4.78, 5) is 29.6. The second-order valence-corrected chi connectivity index (χ2v) is 8.75. The second kappa shape index (κ2) is 8.01. The van der Waals surface area contributed by atoms with Gasteiger partial charge in [0.15, 0.2) is 0 Å². The van der Waals surface area contributed by atoms with Crippen LogP contribution in [0.1, 0.15) is 52.5 Å². The van der Waals surface area contributed by atoms with E-state index < -0.39 is 0 Å². The van der Waals surface area contributed by atoms with Crippen molar-refractivity contribution in [3.8, 4) is 0 Å². The Balaban J connectivity index is 1.80. The minimum absolute atomic E-state index is 0.0198. The van der Waals surface area contributed by atoms with Crippen molar-refractivity contribution >= 4 is 11.8 Å². The Hall–Kier alpha value is -1.88. The van der Waals surface area contributed by atoms with Gasteiger partial charge in [-0.05, 0) is 17.9 Å². The SMILES string of the molecule is CC(C)CC1NC2(CCN(C(=O)C(C)C)CC2)N(Cc2ccccc2)C1=O. The van der Waals surface area contributed by atoms with Crippen LogP contribution in [-0.4, -0.2) is 46.4 Å². The van der Waals surface area contributed by atoms with Gasteiger partial charge in [-0.15, -0.1) is 0 Å². The molecular weight excluding hydrogens is 338 g/mol. The number of piperidine rings is 1. The molecule has 1 aromatic rings. The molecule has 2 saturated heterocycles. The molecule has 27 heavy (non-hydrogen) atoms. The highest BCUT2D eigenvalue weighted by atomic mass is 16.2. The van der Waals surface area contributed by atoms with Gasteiger partial charge in [-0.2, -0.15) is 0 Å². The molecule has 5 heteroatoms. The molecule has 1 atom stereocenters. The van der Waals surface area contributed by atoms with E-state index in [4.69, 9.17) is 0 Å². The van der Waals surface area contributed by atoms with Crippen molar-refractivity contribution in [3.63, 3.8) is 0 Å². The van der Waals surface area contributed by atoms with Crippen LogP contribution in [0.4, 0.5) is 0 Å². The van der Waals surface area contributed by atoms with Crippen molar-refractivity contribution in [2.24, 2.45) is 11.8 Å². The van der Waals surface area contributed by atoms with Gasteiger partial charge in [-0.25, -0.2) is 0 Å². The van der Waals surface area contributed by atoms with Crippen LogP contribution in [0.25, 0.3) is 0 Å². The molecule has 1 spiro atoms. The average Bonchev–Trinajstić information content (AvgIpc) is 2.87. The molecule has 2 aliphatic rings. The van der Waals surface area contributed by atoms with Crippen LogP contribution >= 0.6 is 0 Å². The van der Waals surface area contributed by atoms with Gasteiger partial charge in [0.25, 0.3) is 0 Å². The minimum atomic E-state index is -0.333. The molecule has 5 nitrogen and oxygen atoms in total. The van der Waals surface area contributed by atoms with E-state index in [1.807, 2.05) is 41.8 Å². The first kappa shape index (κ1) is 19.9. The summed E-state index contributed by atoms with van der Waals surface area (Å²) in [5, 5.41) is 3.68. The molecule has 1 N–H and O–H groups in total. The number of nitrogens with one attached hydrogen (secondary N) is 1. The normalized spacial score (nSPS) is 22.3. The fourth-order valence-electron chi connectivity index (χ4n) is 4.37. The molecule has 2 aliphatic heterocycles. The number of hydrogen-bond acceptors (Lipinski definition) is 3. The minimum Gasteiger partial charge on any atom is -0.342 e. The van der Waals surface area contributed by atoms with E-state index in [2.05, 4.69) is 31.3 Å². The first-order chi connectivity index (χ1) is 12.8. The molecule has 2 heterocycles. The predicted molar refractivity (Wildman–Crippen MR) is 107 cm³/mol. The molecule has 0 aliphatic carbocycles. The van der Waals surface area contributed by atoms with E-state index in [-0.39, 0.29) is 29.4 Å². The van der Waals surface area contributed by atoms with Crippen molar-refractivity contribution in [1.82, 2.24) is 15.1 Å². The zero-order chi connectivity index (χ0) is 19.6. The quantitative estimate of drug-likeness (QED) is 0.866. The van der Waals surface area contributed by atoms with Crippen molar-refractivity contribution in [1.29, 1.82) is 0 Å². The van der Waals surface area contributed by atoms with E-state index >= 15 is 0 Å². The number of likely N-dealkylation sites (tertiary alicyclic amines) is 1. The number of carbonyl (C=O) groups excluding carboxylic acids is 2. The van der Waals surface area contributed by atoms with Crippen molar-refractivity contribution in [2.45, 2.75) is 65.2 Å². The number of hydrogen-bond donors (Lipinski definition) is 1. The Morgan fingerprint density at radius 3 is 2.33 bits per heavy atom. The van der Waals surface area contributed by atoms with Gasteiger partial charge in [0.2, 0.25) is 11.8 Å². The molecule has 148 valence electrons. The number of carbonyl (C=O) groups is 2. The highest BCUT2D eigenvalue weighted by molar-refractivity contribution is 5.85. The average molecular weight is 372 g/mol. The van der Waals surface area contributed by atoms with E-state index in [0.717, 1.165) is 24.8 Å². The predicted octanol–water partition coefficient (Wildman–Crippen LogP) is 3.01. The third-order valence-electron chi connectivity index (χ3n) is 5.81. The van der Waals surface area contributed by atoms with Gasteiger partial charge in [0.1, 0.15) is 0 Å². The van der Waals surface area contributed by atoms with Crippen LogP contribution in [0.3, 0.4) is 0 Å². The first-order valence-electron chi connectivity index (χ1n) is 10.2. The lowest BCUT2D eigenvalue weighted by atomic mass is 9.94. The van der Waals surface area contributed by atoms with E-state index in [1.165, 1.54) is 0 Å². The van der Waals surface area contributed by atoms with Crippen LogP contribution < -0.4 is 5.32 Å². The van der Waals surface area contributed by atoms with Crippen molar-refractivity contribution in [3.05, 3.63) is 35.9 Å². The molecule has 2 fully saturated rings. The summed E-state index contributed by atoms with van der Waals surface area (Å²) in [6.45, 7) is 10.2. The fraction of sp³-hybridized carbons (Fsp3) is 0.636. The van der Waals surface area contributed by atoms with Crippen LogP contribution in [0.15, 0.2) is 30.3 Å². The molecule has 0 saturated carbocycles. The smallest absolute Gasteiger partial charge is 0.241 e. The van der Waals surface area contributed by atoms with Crippen LogP contribution in [0, 0.1) is 11.8 Å². The maximum Gasteiger partial charge on any atom is 0.241 e. The molecular formula is C22H33N3O2. The number of amides is 2. The Labute approximate surface area is 163 Å². The highest BCUT2D eigenvalue weighted by Crippen LogP contribution is 2.35. The Morgan fingerprint density at radius 2 is 1.78 bits per heavy atom. The first-order valence-corrected chi connectivity index (χ1v) is 10.2. The largest absolute Gasteiger partial charge is 0.342 e. The molecule has 0 radical (unpaired) electrons. The van der Waals surface area contributed by atoms with E-state index in [9.17, 15) is 9.59 Å². The summed E-state index contributed by atoms with van der Waals surface area (Å²) < 4.78 is 0. The third kappa shape index (κ3) is 4.18. The Morgan fingerprint density at radius 1 is 1.15 bits per heavy atom. The fourth-order valence-corrected chi connectivity index (χ4v) is 4.37. The van der Waals surface area contributed by atoms with Gasteiger partial charge in [-0.1, -0.05) is 58.0 Å². The van der Waals surface area contributed by atoms with Crippen LogP contribution in [0.5, 0.6) is 0 Å². The maximum absolute atomic E-state index is 13.2. The Kier molecular flexibility index (Phi) is 5.89. The van der Waals surface area contributed by atoms with Gasteiger partial charge in [0.05, 0.1) is 11.7 Å². The summed E-state index contributed by atoms with van der Waals surface area (Å²) in [5.41, 5.74) is 0.818. The second-order valence-electron chi connectivity index (χ2n) is 8.75. The standard InChI is InChI=1S/C22H33N3O2/c1-16(2)14-19-21(27)25(15-18-8-6-5-7-9-18)22(23-19)10-12-24(13-11-22)20(26)17(3)4/h5-9,16-17,19,23H,10-15H2,1-4H3. The lowest BCUT2D eigenvalue weighted by Crippen LogP contribution is -2.59. The topological polar surface area (TPSA) is 52.7 Å². The molecule has 1 aromatic carbocycles. The van der Waals surface area contributed by atoms with Crippen LogP contribution in [-0.2, 0) is 16.1 Å². The molecule has 0 bridgehead atoms. The summed E-state index contributed by atoms with van der Waals surface area (Å²) in [7, 11) is 0. The number of benzene rings is 1. The third-order valence-corrected chi connectivity index (χ3v) is 5.81. The van der Waals surface area contributed by atoms with Gasteiger partial charge in [-0.3, -0.25) is 14.9 Å². The molecule has 2 amide bonds. The summed E-state index contributed by atoms with van der Waals surface area (Å²) >= 11 is 0. The Bertz CT molecular complexity index is 663. The van der Waals surface area contributed by atoms with Crippen molar-refractivity contribution in [2.75, 3.05) is 13.1 Å². The van der Waals surface area contributed by atoms with E-state index in [1.54, 1.807) is 0 Å². The van der Waals surface area contributed by atoms with Gasteiger partial charge < -0.3 is 9.80 Å². The summed E-state index contributed by atoms with van der Waals surface area (Å²) in [6, 6.07) is 10.1. The van der Waals surface area contributed by atoms with Gasteiger partial charge >= 0.3 is 0 Å². The lowest BCUT2D eigenvalue weighted by molar-refractivity contribution is -0.139. The van der Waals surface area contributed by atoms with Crippen LogP contribution in [0.2, 0.25) is 0 Å². The lowest BCUT2D eigenvalue weighted by Gasteiger charge is -2.45. The van der Waals surface area contributed by atoms with E-state index in [0.29, 0.717) is 25.6 Å². The number of nitrogens with zero attached hydrogens (tertiary/aromatic N) is 2. The summed E-state index contributed by atoms with van der Waals surface area (Å²) in [6.07, 6.45) is 2.43. The monoisotopic (exact) mass is 371 g/mol. The maximum atomic E-state index is 13.2. The molecule has 1 unspecified atom stereocenters. The molecule has 3 rings (SSSR count). The molecule has 0 aromatic heterocycles. The zero-order valence-corrected chi connectivity index (χ0v) is 17.1. The highest BCUT2D eigenvalue weighted by Gasteiger charge is 2.51. The zero-order valence-electron chi connectivity index (χ0n) is 17.1. The summed E-state index contributed by atoms with van der Waals surface area (Å²) in [5.74, 6) is 0.896. The number of rotatable bonds is 5. The van der Waals surface area contributed by atoms with Gasteiger partial charge in [0, 0.05) is 38.4 Å².